The van der Waals surface area contributed by atoms with E-state index in [4.69, 9.17) is 5.73 Å². The van der Waals surface area contributed by atoms with Crippen molar-refractivity contribution in [3.8, 4) is 11.3 Å². The number of benzene rings is 1. The molecule has 3 nitrogen and oxygen atoms in total. The third-order valence-electron chi connectivity index (χ3n) is 2.99. The molecule has 0 aliphatic rings. The number of thiazole rings is 1. The van der Waals surface area contributed by atoms with Gasteiger partial charge in [-0.05, 0) is 18.4 Å². The second kappa shape index (κ2) is 7.57. The summed E-state index contributed by atoms with van der Waals surface area (Å²) >= 11 is 3.23. The lowest BCUT2D eigenvalue weighted by molar-refractivity contribution is -0.119. The summed E-state index contributed by atoms with van der Waals surface area (Å²) in [6.45, 7) is 0. The zero-order chi connectivity index (χ0) is 14.4. The van der Waals surface area contributed by atoms with E-state index in [1.807, 2.05) is 42.0 Å². The van der Waals surface area contributed by atoms with Crippen molar-refractivity contribution in [3.63, 3.8) is 0 Å². The van der Waals surface area contributed by atoms with E-state index >= 15 is 0 Å². The van der Waals surface area contributed by atoms with E-state index in [-0.39, 0.29) is 11.8 Å². The fourth-order valence-corrected chi connectivity index (χ4v) is 3.12. The summed E-state index contributed by atoms with van der Waals surface area (Å²) in [7, 11) is 0. The summed E-state index contributed by atoms with van der Waals surface area (Å²) in [5, 5.41) is 2.83. The lowest BCUT2D eigenvalue weighted by atomic mass is 10.1. The Labute approximate surface area is 127 Å². The van der Waals surface area contributed by atoms with E-state index < -0.39 is 0 Å². The van der Waals surface area contributed by atoms with Crippen LogP contribution in [0.4, 0.5) is 0 Å². The van der Waals surface area contributed by atoms with Gasteiger partial charge in [0.25, 0.3) is 0 Å². The maximum absolute atomic E-state index is 12.0. The number of Topliss-reactive ketones (excluding diaryl/α,β-unsaturated/α-hetero) is 1. The molecule has 0 bridgehead atoms. The van der Waals surface area contributed by atoms with Crippen LogP contribution in [-0.4, -0.2) is 28.8 Å². The fraction of sp³-hybridized carbons (Fsp3) is 0.333. The van der Waals surface area contributed by atoms with Crippen LogP contribution in [0.5, 0.6) is 0 Å². The number of aromatic nitrogens is 1. The topological polar surface area (TPSA) is 56.0 Å². The SMILES string of the molecule is CSCC[C@H](N)C(=O)Cc1nc(-c2ccccc2)cs1. The van der Waals surface area contributed by atoms with Crippen LogP contribution in [0.1, 0.15) is 11.4 Å². The Balaban J connectivity index is 1.98. The Bertz CT molecular complexity index is 554. The molecule has 0 spiro atoms. The highest BCUT2D eigenvalue weighted by Crippen LogP contribution is 2.22. The predicted molar refractivity (Wildman–Crippen MR) is 87.2 cm³/mol. The molecule has 0 aliphatic heterocycles. The molecular formula is C15H18N2OS2. The smallest absolute Gasteiger partial charge is 0.156 e. The molecular weight excluding hydrogens is 288 g/mol. The van der Waals surface area contributed by atoms with Crippen LogP contribution < -0.4 is 5.73 Å². The number of hydrogen-bond acceptors (Lipinski definition) is 5. The van der Waals surface area contributed by atoms with Gasteiger partial charge in [-0.1, -0.05) is 30.3 Å². The van der Waals surface area contributed by atoms with Crippen LogP contribution in [0.15, 0.2) is 35.7 Å². The first-order valence-corrected chi connectivity index (χ1v) is 8.75. The second-order valence-corrected chi connectivity index (χ2v) is 6.45. The number of nitrogens with two attached hydrogens (primary N) is 1. The molecule has 1 aromatic heterocycles. The van der Waals surface area contributed by atoms with Gasteiger partial charge < -0.3 is 5.73 Å². The Hall–Kier alpha value is -1.17. The van der Waals surface area contributed by atoms with Gasteiger partial charge >= 0.3 is 0 Å². The van der Waals surface area contributed by atoms with Crippen LogP contribution in [0, 0.1) is 0 Å². The third-order valence-corrected chi connectivity index (χ3v) is 4.49. The van der Waals surface area contributed by atoms with Crippen molar-refractivity contribution in [2.45, 2.75) is 18.9 Å². The highest BCUT2D eigenvalue weighted by atomic mass is 32.2. The molecule has 106 valence electrons. The average Bonchev–Trinajstić information content (AvgIpc) is 2.94. The summed E-state index contributed by atoms with van der Waals surface area (Å²) < 4.78 is 0. The van der Waals surface area contributed by atoms with Crippen molar-refractivity contribution in [1.82, 2.24) is 4.98 Å². The quantitative estimate of drug-likeness (QED) is 0.854. The van der Waals surface area contributed by atoms with Gasteiger partial charge in [-0.15, -0.1) is 11.3 Å². The van der Waals surface area contributed by atoms with E-state index in [1.165, 1.54) is 11.3 Å². The van der Waals surface area contributed by atoms with Crippen LogP contribution in [0.25, 0.3) is 11.3 Å². The van der Waals surface area contributed by atoms with E-state index in [0.29, 0.717) is 6.42 Å². The molecule has 2 N–H and O–H groups in total. The summed E-state index contributed by atoms with van der Waals surface area (Å²) in [6.07, 6.45) is 3.09. The number of ketones is 1. The van der Waals surface area contributed by atoms with E-state index in [1.54, 1.807) is 11.8 Å². The second-order valence-electron chi connectivity index (χ2n) is 4.52. The number of carbonyl (C=O) groups is 1. The molecule has 0 unspecified atom stereocenters. The van der Waals surface area contributed by atoms with Gasteiger partial charge in [0.1, 0.15) is 5.01 Å². The van der Waals surface area contributed by atoms with Crippen LogP contribution in [-0.2, 0) is 11.2 Å². The average molecular weight is 306 g/mol. The van der Waals surface area contributed by atoms with Crippen molar-refractivity contribution >= 4 is 28.9 Å². The van der Waals surface area contributed by atoms with Crippen LogP contribution in [0.2, 0.25) is 0 Å². The van der Waals surface area contributed by atoms with Gasteiger partial charge in [-0.25, -0.2) is 4.98 Å². The van der Waals surface area contributed by atoms with Gasteiger partial charge in [0.2, 0.25) is 0 Å². The zero-order valence-corrected chi connectivity index (χ0v) is 13.0. The number of rotatable bonds is 7. The third kappa shape index (κ3) is 4.16. The first kappa shape index (κ1) is 15.2. The molecule has 0 fully saturated rings. The molecule has 1 aromatic carbocycles. The van der Waals surface area contributed by atoms with E-state index in [0.717, 1.165) is 28.4 Å². The summed E-state index contributed by atoms with van der Waals surface area (Å²) in [5.74, 6) is 0.994. The lowest BCUT2D eigenvalue weighted by Crippen LogP contribution is -2.32. The predicted octanol–water partition coefficient (Wildman–Crippen LogP) is 3.00. The minimum Gasteiger partial charge on any atom is -0.321 e. The number of thioether (sulfide) groups is 1. The van der Waals surface area contributed by atoms with E-state index in [2.05, 4.69) is 4.98 Å². The molecule has 0 saturated carbocycles. The highest BCUT2D eigenvalue weighted by Gasteiger charge is 2.15. The van der Waals surface area contributed by atoms with Crippen LogP contribution in [0.3, 0.4) is 0 Å². The van der Waals surface area contributed by atoms with Crippen molar-refractivity contribution in [3.05, 3.63) is 40.7 Å². The van der Waals surface area contributed by atoms with Gasteiger partial charge in [0.05, 0.1) is 18.2 Å². The molecule has 0 aliphatic carbocycles. The van der Waals surface area contributed by atoms with Crippen molar-refractivity contribution in [1.29, 1.82) is 0 Å². The van der Waals surface area contributed by atoms with Crippen molar-refractivity contribution < 1.29 is 4.79 Å². The molecule has 1 atom stereocenters. The Kier molecular flexibility index (Phi) is 5.76. The summed E-state index contributed by atoms with van der Waals surface area (Å²) in [6, 6.07) is 9.61. The van der Waals surface area contributed by atoms with Gasteiger partial charge in [0, 0.05) is 10.9 Å². The fourth-order valence-electron chi connectivity index (χ4n) is 1.82. The Morgan fingerprint density at radius 1 is 1.40 bits per heavy atom. The van der Waals surface area contributed by atoms with Gasteiger partial charge in [0.15, 0.2) is 5.78 Å². The van der Waals surface area contributed by atoms with Crippen molar-refractivity contribution in [2.75, 3.05) is 12.0 Å². The van der Waals surface area contributed by atoms with Gasteiger partial charge in [-0.2, -0.15) is 11.8 Å². The minimum absolute atomic E-state index is 0.0769. The maximum atomic E-state index is 12.0. The Morgan fingerprint density at radius 3 is 2.85 bits per heavy atom. The monoisotopic (exact) mass is 306 g/mol. The van der Waals surface area contributed by atoms with E-state index in [9.17, 15) is 4.79 Å². The van der Waals surface area contributed by atoms with Crippen molar-refractivity contribution in [2.24, 2.45) is 5.73 Å². The summed E-state index contributed by atoms with van der Waals surface area (Å²) in [5.41, 5.74) is 7.89. The number of carbonyl (C=O) groups excluding carboxylic acids is 1. The standard InChI is InChI=1S/C15H18N2OS2/c1-19-8-7-12(16)14(18)9-15-17-13(10-20-15)11-5-3-2-4-6-11/h2-6,10,12H,7-9,16H2,1H3/t12-/m0/s1. The molecule has 2 rings (SSSR count). The Morgan fingerprint density at radius 2 is 2.15 bits per heavy atom. The maximum Gasteiger partial charge on any atom is 0.156 e. The largest absolute Gasteiger partial charge is 0.321 e. The highest BCUT2D eigenvalue weighted by molar-refractivity contribution is 7.98. The molecule has 0 radical (unpaired) electrons. The molecule has 20 heavy (non-hydrogen) atoms. The minimum atomic E-state index is -0.369. The normalized spacial score (nSPS) is 12.3. The first-order chi connectivity index (χ1) is 9.70. The van der Waals surface area contributed by atoms with Crippen LogP contribution >= 0.6 is 23.1 Å². The number of hydrogen-bond donors (Lipinski definition) is 1. The lowest BCUT2D eigenvalue weighted by Gasteiger charge is -2.07. The molecule has 0 saturated heterocycles. The first-order valence-electron chi connectivity index (χ1n) is 6.47. The number of nitrogens with zero attached hydrogens (tertiary/aromatic N) is 1. The zero-order valence-electron chi connectivity index (χ0n) is 11.4. The van der Waals surface area contributed by atoms with Gasteiger partial charge in [-0.3, -0.25) is 4.79 Å². The molecule has 5 heteroatoms. The molecule has 1 heterocycles. The molecule has 2 aromatic rings. The molecule has 0 amide bonds. The summed E-state index contributed by atoms with van der Waals surface area (Å²) in [4.78, 5) is 16.5.